The first-order valence-electron chi connectivity index (χ1n) is 14.8. The molecule has 0 aromatic heterocycles. The lowest BCUT2D eigenvalue weighted by molar-refractivity contribution is -0.0645. The Kier molecular flexibility index (Phi) is 9.24. The average Bonchev–Trinajstić information content (AvgIpc) is 3.63. The van der Waals surface area contributed by atoms with Crippen LogP contribution in [0.4, 0.5) is 0 Å². The SMILES string of the molecule is CC(C)(C1CCC(O)C(C2CCCCC2)C1)C1CCC(O)C(C2CCCCC2)C1.CC1CO1. The fourth-order valence-corrected chi connectivity index (χ4v) is 8.30. The number of rotatable bonds is 4. The zero-order chi connectivity index (χ0) is 23.4. The van der Waals surface area contributed by atoms with Crippen LogP contribution in [-0.2, 0) is 4.74 Å². The molecule has 5 aliphatic rings. The lowest BCUT2D eigenvalue weighted by atomic mass is 9.55. The molecule has 1 heterocycles. The number of hydrogen-bond donors (Lipinski definition) is 2. The topological polar surface area (TPSA) is 53.0 Å². The van der Waals surface area contributed by atoms with Gasteiger partial charge in [-0.2, -0.15) is 0 Å². The first-order chi connectivity index (χ1) is 15.9. The van der Waals surface area contributed by atoms with Crippen LogP contribution in [0.25, 0.3) is 0 Å². The molecule has 0 bridgehead atoms. The number of hydrogen-bond acceptors (Lipinski definition) is 3. The van der Waals surface area contributed by atoms with Gasteiger partial charge in [0.1, 0.15) is 0 Å². The molecule has 4 aliphatic carbocycles. The van der Waals surface area contributed by atoms with E-state index in [1.807, 2.05) is 0 Å². The van der Waals surface area contributed by atoms with Gasteiger partial charge in [0.25, 0.3) is 0 Å². The summed E-state index contributed by atoms with van der Waals surface area (Å²) in [5, 5.41) is 21.7. The summed E-state index contributed by atoms with van der Waals surface area (Å²) in [6.07, 6.45) is 21.2. The van der Waals surface area contributed by atoms with Crippen molar-refractivity contribution in [2.24, 2.45) is 40.9 Å². The highest BCUT2D eigenvalue weighted by Crippen LogP contribution is 2.53. The van der Waals surface area contributed by atoms with Gasteiger partial charge in [0.15, 0.2) is 0 Å². The number of epoxide rings is 1. The van der Waals surface area contributed by atoms with Crippen molar-refractivity contribution < 1.29 is 14.9 Å². The molecule has 4 saturated carbocycles. The second-order valence-electron chi connectivity index (χ2n) is 13.2. The molecule has 5 rings (SSSR count). The predicted molar refractivity (Wildman–Crippen MR) is 136 cm³/mol. The Labute approximate surface area is 204 Å². The second-order valence-corrected chi connectivity index (χ2v) is 13.2. The maximum atomic E-state index is 10.8. The van der Waals surface area contributed by atoms with Gasteiger partial charge in [-0.1, -0.05) is 78.1 Å². The minimum atomic E-state index is -0.0479. The fraction of sp³-hybridized carbons (Fsp3) is 1.00. The van der Waals surface area contributed by atoms with Crippen LogP contribution >= 0.6 is 0 Å². The van der Waals surface area contributed by atoms with Gasteiger partial charge in [-0.25, -0.2) is 0 Å². The van der Waals surface area contributed by atoms with Crippen LogP contribution in [-0.4, -0.2) is 35.1 Å². The van der Waals surface area contributed by atoms with Gasteiger partial charge < -0.3 is 14.9 Å². The molecule has 0 aromatic rings. The quantitative estimate of drug-likeness (QED) is 0.437. The molecule has 1 saturated heterocycles. The summed E-state index contributed by atoms with van der Waals surface area (Å²) in [5.41, 5.74) is 0.347. The van der Waals surface area contributed by atoms with E-state index in [4.69, 9.17) is 4.74 Å². The third-order valence-electron chi connectivity index (χ3n) is 10.8. The van der Waals surface area contributed by atoms with Gasteiger partial charge in [-0.05, 0) is 86.4 Å². The third-order valence-corrected chi connectivity index (χ3v) is 10.8. The Morgan fingerprint density at radius 1 is 0.606 bits per heavy atom. The highest BCUT2D eigenvalue weighted by atomic mass is 16.6. The molecule has 2 N–H and O–H groups in total. The molecule has 3 heteroatoms. The molecular formula is C30H54O3. The zero-order valence-corrected chi connectivity index (χ0v) is 22.0. The second kappa shape index (κ2) is 11.7. The van der Waals surface area contributed by atoms with E-state index in [9.17, 15) is 10.2 Å². The van der Waals surface area contributed by atoms with E-state index < -0.39 is 0 Å². The van der Waals surface area contributed by atoms with Crippen LogP contribution in [0.1, 0.15) is 124 Å². The molecule has 192 valence electrons. The summed E-state index contributed by atoms with van der Waals surface area (Å²) in [6.45, 7) is 8.14. The maximum Gasteiger partial charge on any atom is 0.0781 e. The van der Waals surface area contributed by atoms with Crippen LogP contribution < -0.4 is 0 Å². The average molecular weight is 463 g/mol. The molecule has 0 aromatic carbocycles. The highest BCUT2D eigenvalue weighted by molar-refractivity contribution is 4.97. The van der Waals surface area contributed by atoms with Gasteiger partial charge in [0.2, 0.25) is 0 Å². The summed E-state index contributed by atoms with van der Waals surface area (Å²) in [6, 6.07) is 0. The minimum absolute atomic E-state index is 0.0479. The first kappa shape index (κ1) is 26.0. The summed E-state index contributed by atoms with van der Waals surface area (Å²) >= 11 is 0. The molecule has 1 aliphatic heterocycles. The van der Waals surface area contributed by atoms with E-state index in [2.05, 4.69) is 20.8 Å². The Bertz CT molecular complexity index is 529. The van der Waals surface area contributed by atoms with Crippen molar-refractivity contribution in [3.63, 3.8) is 0 Å². The Morgan fingerprint density at radius 3 is 1.30 bits per heavy atom. The van der Waals surface area contributed by atoms with E-state index in [-0.39, 0.29) is 12.2 Å². The summed E-state index contributed by atoms with van der Waals surface area (Å²) in [7, 11) is 0. The van der Waals surface area contributed by atoms with Gasteiger partial charge in [0.05, 0.1) is 24.9 Å². The van der Waals surface area contributed by atoms with Crippen molar-refractivity contribution in [1.29, 1.82) is 0 Å². The Balaban J connectivity index is 0.000000586. The van der Waals surface area contributed by atoms with Crippen molar-refractivity contribution in [2.75, 3.05) is 6.61 Å². The molecule has 0 amide bonds. The van der Waals surface area contributed by atoms with Gasteiger partial charge >= 0.3 is 0 Å². The van der Waals surface area contributed by atoms with E-state index in [0.717, 1.165) is 43.1 Å². The molecule has 0 spiro atoms. The maximum absolute atomic E-state index is 10.8. The standard InChI is InChI=1S/C27H48O2.C3H6O/c1-27(2,21-13-15-25(28)23(17-21)19-9-5-3-6-10-19)22-14-16-26(29)24(18-22)20-11-7-4-8-12-20;1-3-2-4-3/h19-26,28-29H,3-18H2,1-2H3;3H,2H2,1H3. The zero-order valence-electron chi connectivity index (χ0n) is 22.0. The van der Waals surface area contributed by atoms with Crippen LogP contribution in [0.3, 0.4) is 0 Å². The predicted octanol–water partition coefficient (Wildman–Crippen LogP) is 7.13. The lowest BCUT2D eigenvalue weighted by Crippen LogP contribution is -2.45. The van der Waals surface area contributed by atoms with Gasteiger partial charge in [-0.3, -0.25) is 0 Å². The third kappa shape index (κ3) is 6.76. The van der Waals surface area contributed by atoms with Gasteiger partial charge in [-0.15, -0.1) is 0 Å². The van der Waals surface area contributed by atoms with Crippen molar-refractivity contribution in [2.45, 2.75) is 142 Å². The molecule has 33 heavy (non-hydrogen) atoms. The van der Waals surface area contributed by atoms with Crippen molar-refractivity contribution in [3.05, 3.63) is 0 Å². The monoisotopic (exact) mass is 462 g/mol. The van der Waals surface area contributed by atoms with Crippen LogP contribution in [0.5, 0.6) is 0 Å². The summed E-state index contributed by atoms with van der Waals surface area (Å²) < 4.78 is 4.71. The van der Waals surface area contributed by atoms with Crippen LogP contribution in [0, 0.1) is 40.9 Å². The number of aliphatic hydroxyl groups is 2. The molecule has 7 atom stereocenters. The van der Waals surface area contributed by atoms with E-state index >= 15 is 0 Å². The first-order valence-corrected chi connectivity index (χ1v) is 14.8. The number of aliphatic hydroxyl groups excluding tert-OH is 2. The summed E-state index contributed by atoms with van der Waals surface area (Å²) in [5.74, 6) is 4.17. The molecule has 0 radical (unpaired) electrons. The fourth-order valence-electron chi connectivity index (χ4n) is 8.30. The number of ether oxygens (including phenoxy) is 1. The van der Waals surface area contributed by atoms with Crippen molar-refractivity contribution in [3.8, 4) is 0 Å². The Morgan fingerprint density at radius 2 is 0.970 bits per heavy atom. The van der Waals surface area contributed by atoms with Crippen molar-refractivity contribution in [1.82, 2.24) is 0 Å². The van der Waals surface area contributed by atoms with E-state index in [1.54, 1.807) is 0 Å². The highest BCUT2D eigenvalue weighted by Gasteiger charge is 2.46. The molecule has 7 unspecified atom stereocenters. The van der Waals surface area contributed by atoms with E-state index in [0.29, 0.717) is 23.4 Å². The van der Waals surface area contributed by atoms with E-state index in [1.165, 1.54) is 89.9 Å². The van der Waals surface area contributed by atoms with Gasteiger partial charge in [0, 0.05) is 0 Å². The van der Waals surface area contributed by atoms with Crippen LogP contribution in [0.15, 0.2) is 0 Å². The summed E-state index contributed by atoms with van der Waals surface area (Å²) in [4.78, 5) is 0. The smallest absolute Gasteiger partial charge is 0.0781 e. The normalized spacial score (nSPS) is 41.2. The minimum Gasteiger partial charge on any atom is -0.393 e. The largest absolute Gasteiger partial charge is 0.393 e. The lowest BCUT2D eigenvalue weighted by Gasteiger charge is -2.51. The van der Waals surface area contributed by atoms with Crippen LogP contribution in [0.2, 0.25) is 0 Å². The van der Waals surface area contributed by atoms with Crippen molar-refractivity contribution >= 4 is 0 Å². The molecule has 5 fully saturated rings. The Hall–Kier alpha value is -0.120. The molecular weight excluding hydrogens is 408 g/mol. The molecule has 3 nitrogen and oxygen atoms in total.